The molecule has 0 aliphatic heterocycles. The first-order chi connectivity index (χ1) is 9.93. The molecule has 0 saturated heterocycles. The number of hydrogen-bond donors (Lipinski definition) is 3. The number of methoxy groups -OCH3 is 1. The van der Waals surface area contributed by atoms with Crippen LogP contribution in [-0.4, -0.2) is 47.7 Å². The summed E-state index contributed by atoms with van der Waals surface area (Å²) in [7, 11) is -2.06. The van der Waals surface area contributed by atoms with Crippen molar-refractivity contribution in [2.45, 2.75) is 11.3 Å². The summed E-state index contributed by atoms with van der Waals surface area (Å²) in [5, 5.41) is 10.7. The quantitative estimate of drug-likeness (QED) is 0.527. The normalized spacial score (nSPS) is 10.8. The Kier molecular flexibility index (Phi) is 9.95. The van der Waals surface area contributed by atoms with Crippen LogP contribution in [0.1, 0.15) is 5.56 Å². The van der Waals surface area contributed by atoms with Crippen molar-refractivity contribution in [3.05, 3.63) is 29.8 Å². The van der Waals surface area contributed by atoms with E-state index >= 15 is 0 Å². The zero-order valence-electron chi connectivity index (χ0n) is 12.4. The molecule has 0 heterocycles. The maximum Gasteiger partial charge on any atom is 0.238 e. The van der Waals surface area contributed by atoms with Crippen molar-refractivity contribution in [1.29, 1.82) is 0 Å². The van der Waals surface area contributed by atoms with Crippen molar-refractivity contribution in [2.24, 2.45) is 5.14 Å². The first-order valence-electron chi connectivity index (χ1n) is 6.51. The predicted molar refractivity (Wildman–Crippen MR) is 86.5 cm³/mol. The number of hydrogen-bond acceptors (Lipinski definition) is 5. The van der Waals surface area contributed by atoms with E-state index in [0.29, 0.717) is 26.1 Å². The summed E-state index contributed by atoms with van der Waals surface area (Å²) in [5.41, 5.74) is 0.926. The smallest absolute Gasteiger partial charge is 0.238 e. The van der Waals surface area contributed by atoms with Crippen LogP contribution in [0.25, 0.3) is 0 Å². The zero-order valence-corrected chi connectivity index (χ0v) is 14.0. The van der Waals surface area contributed by atoms with Crippen molar-refractivity contribution in [1.82, 2.24) is 10.6 Å². The molecule has 0 saturated carbocycles. The lowest BCUT2D eigenvalue weighted by Crippen LogP contribution is -2.36. The molecule has 0 atom stereocenters. The highest BCUT2D eigenvalue weighted by atomic mass is 35.5. The molecule has 1 amide bonds. The Morgan fingerprint density at radius 3 is 2.41 bits per heavy atom. The number of sulfonamides is 1. The minimum Gasteiger partial charge on any atom is -0.383 e. The van der Waals surface area contributed by atoms with E-state index in [9.17, 15) is 13.2 Å². The molecule has 0 unspecified atom stereocenters. The van der Waals surface area contributed by atoms with E-state index in [2.05, 4.69) is 10.6 Å². The fourth-order valence-corrected chi connectivity index (χ4v) is 2.15. The van der Waals surface area contributed by atoms with E-state index in [1.54, 1.807) is 19.2 Å². The van der Waals surface area contributed by atoms with E-state index < -0.39 is 10.0 Å². The third kappa shape index (κ3) is 8.30. The van der Waals surface area contributed by atoms with Crippen LogP contribution in [0.4, 0.5) is 0 Å². The molecule has 7 nitrogen and oxygen atoms in total. The molecule has 0 aliphatic carbocycles. The summed E-state index contributed by atoms with van der Waals surface area (Å²) in [4.78, 5) is 11.6. The van der Waals surface area contributed by atoms with Gasteiger partial charge in [-0.25, -0.2) is 13.6 Å². The van der Waals surface area contributed by atoms with Gasteiger partial charge >= 0.3 is 0 Å². The molecule has 0 spiro atoms. The Morgan fingerprint density at radius 2 is 1.86 bits per heavy atom. The molecule has 126 valence electrons. The number of nitrogens with two attached hydrogens (primary N) is 1. The van der Waals surface area contributed by atoms with Gasteiger partial charge in [-0.2, -0.15) is 0 Å². The minimum atomic E-state index is -3.66. The number of carbonyl (C=O) groups excluding carboxylic acids is 1. The predicted octanol–water partition coefficient (Wildman–Crippen LogP) is -0.349. The first-order valence-corrected chi connectivity index (χ1v) is 8.06. The minimum absolute atomic E-state index is 0. The molecule has 22 heavy (non-hydrogen) atoms. The van der Waals surface area contributed by atoms with Gasteiger partial charge in [-0.05, 0) is 24.1 Å². The topological polar surface area (TPSA) is 111 Å². The van der Waals surface area contributed by atoms with Gasteiger partial charge in [0.2, 0.25) is 15.9 Å². The second kappa shape index (κ2) is 10.5. The van der Waals surface area contributed by atoms with Crippen LogP contribution in [-0.2, 0) is 26.0 Å². The third-order valence-electron chi connectivity index (χ3n) is 2.76. The van der Waals surface area contributed by atoms with Crippen LogP contribution >= 0.6 is 12.4 Å². The van der Waals surface area contributed by atoms with Gasteiger partial charge in [-0.15, -0.1) is 12.4 Å². The van der Waals surface area contributed by atoms with Crippen LogP contribution < -0.4 is 15.8 Å². The van der Waals surface area contributed by atoms with Crippen LogP contribution in [0.2, 0.25) is 0 Å². The number of nitrogens with one attached hydrogen (secondary N) is 2. The van der Waals surface area contributed by atoms with Crippen LogP contribution in [0.3, 0.4) is 0 Å². The number of primary sulfonamides is 1. The second-order valence-electron chi connectivity index (χ2n) is 4.46. The van der Waals surface area contributed by atoms with E-state index in [0.717, 1.165) is 5.56 Å². The molecule has 1 aromatic carbocycles. The number of amides is 1. The lowest BCUT2D eigenvalue weighted by molar-refractivity contribution is -0.120. The van der Waals surface area contributed by atoms with Crippen molar-refractivity contribution >= 4 is 28.3 Å². The molecule has 0 radical (unpaired) electrons. The Balaban J connectivity index is 0.00000441. The summed E-state index contributed by atoms with van der Waals surface area (Å²) in [5.74, 6) is -0.0905. The third-order valence-corrected chi connectivity index (χ3v) is 3.69. The SMILES string of the molecule is COCCNCC(=O)NCCc1ccc(S(N)(=O)=O)cc1.Cl. The van der Waals surface area contributed by atoms with Gasteiger partial charge in [-0.3, -0.25) is 4.79 Å². The maximum absolute atomic E-state index is 11.5. The lowest BCUT2D eigenvalue weighted by Gasteiger charge is -2.07. The Labute approximate surface area is 137 Å². The van der Waals surface area contributed by atoms with Gasteiger partial charge in [0, 0.05) is 20.2 Å². The fourth-order valence-electron chi connectivity index (χ4n) is 1.63. The van der Waals surface area contributed by atoms with Gasteiger partial charge in [0.15, 0.2) is 0 Å². The monoisotopic (exact) mass is 351 g/mol. The Morgan fingerprint density at radius 1 is 1.23 bits per heavy atom. The van der Waals surface area contributed by atoms with E-state index in [-0.39, 0.29) is 29.8 Å². The summed E-state index contributed by atoms with van der Waals surface area (Å²) in [6.07, 6.45) is 0.620. The molecule has 4 N–H and O–H groups in total. The highest BCUT2D eigenvalue weighted by molar-refractivity contribution is 7.89. The molecular formula is C13H22ClN3O4S. The maximum atomic E-state index is 11.5. The summed E-state index contributed by atoms with van der Waals surface area (Å²) in [6, 6.07) is 6.28. The van der Waals surface area contributed by atoms with Crippen molar-refractivity contribution < 1.29 is 17.9 Å². The first kappa shape index (κ1) is 20.8. The van der Waals surface area contributed by atoms with Crippen molar-refractivity contribution in [3.8, 4) is 0 Å². The number of carbonyl (C=O) groups is 1. The van der Waals surface area contributed by atoms with Gasteiger partial charge in [0.25, 0.3) is 0 Å². The summed E-state index contributed by atoms with van der Waals surface area (Å²) >= 11 is 0. The Bertz CT molecular complexity index is 549. The zero-order chi connectivity index (χ0) is 15.7. The summed E-state index contributed by atoms with van der Waals surface area (Å²) in [6.45, 7) is 1.91. The van der Waals surface area contributed by atoms with Crippen LogP contribution in [0.15, 0.2) is 29.2 Å². The molecular weight excluding hydrogens is 330 g/mol. The molecule has 1 aromatic rings. The van der Waals surface area contributed by atoms with Gasteiger partial charge in [0.1, 0.15) is 0 Å². The van der Waals surface area contributed by atoms with Crippen molar-refractivity contribution in [2.75, 3.05) is 33.4 Å². The number of halogens is 1. The van der Waals surface area contributed by atoms with Crippen LogP contribution in [0.5, 0.6) is 0 Å². The van der Waals surface area contributed by atoms with E-state index in [4.69, 9.17) is 9.88 Å². The number of ether oxygens (including phenoxy) is 1. The Hall–Kier alpha value is -1.19. The lowest BCUT2D eigenvalue weighted by atomic mass is 10.1. The van der Waals surface area contributed by atoms with Crippen LogP contribution in [0, 0.1) is 0 Å². The number of benzene rings is 1. The van der Waals surface area contributed by atoms with E-state index in [1.165, 1.54) is 12.1 Å². The standard InChI is InChI=1S/C13H21N3O4S.ClH/c1-20-9-8-15-10-13(17)16-7-6-11-2-4-12(5-3-11)21(14,18)19;/h2-5,15H,6-10H2,1H3,(H,16,17)(H2,14,18,19);1H. The largest absolute Gasteiger partial charge is 0.383 e. The average Bonchev–Trinajstić information content (AvgIpc) is 2.43. The van der Waals surface area contributed by atoms with Crippen molar-refractivity contribution in [3.63, 3.8) is 0 Å². The summed E-state index contributed by atoms with van der Waals surface area (Å²) < 4.78 is 27.0. The molecule has 0 aliphatic rings. The van der Waals surface area contributed by atoms with E-state index in [1.807, 2.05) is 0 Å². The molecule has 1 rings (SSSR count). The highest BCUT2D eigenvalue weighted by Crippen LogP contribution is 2.08. The average molecular weight is 352 g/mol. The number of rotatable bonds is 9. The fraction of sp³-hybridized carbons (Fsp3) is 0.462. The van der Waals surface area contributed by atoms with Gasteiger partial charge in [0.05, 0.1) is 18.0 Å². The highest BCUT2D eigenvalue weighted by Gasteiger charge is 2.06. The molecule has 0 aromatic heterocycles. The molecule has 0 bridgehead atoms. The van der Waals surface area contributed by atoms with Gasteiger partial charge < -0.3 is 15.4 Å². The second-order valence-corrected chi connectivity index (χ2v) is 6.02. The molecule has 9 heteroatoms. The van der Waals surface area contributed by atoms with Gasteiger partial charge in [-0.1, -0.05) is 12.1 Å². The molecule has 0 fully saturated rings.